The molecule has 0 saturated heterocycles. The fourth-order valence-corrected chi connectivity index (χ4v) is 4.26. The summed E-state index contributed by atoms with van der Waals surface area (Å²) in [5.41, 5.74) is 1.42. The number of hydrogen-bond acceptors (Lipinski definition) is 6. The van der Waals surface area contributed by atoms with Crippen molar-refractivity contribution in [2.75, 3.05) is 18.9 Å². The summed E-state index contributed by atoms with van der Waals surface area (Å²) in [5.74, 6) is -1.00. The van der Waals surface area contributed by atoms with Crippen molar-refractivity contribution < 1.29 is 27.8 Å². The molecule has 9 nitrogen and oxygen atoms in total. The summed E-state index contributed by atoms with van der Waals surface area (Å²) >= 11 is 0. The van der Waals surface area contributed by atoms with Crippen LogP contribution >= 0.6 is 0 Å². The lowest BCUT2D eigenvalue weighted by atomic mass is 10.2. The number of sulfonamides is 1. The SMILES string of the molecule is COc1cc(C=CC(=O)O)cc(S(=O)(=O)Nc2ccccc2Cn2cccn2)c1OC. The Hall–Kier alpha value is -3.79. The number of carboxylic acid groups (broad SMARTS) is 1. The van der Waals surface area contributed by atoms with Crippen LogP contribution in [-0.2, 0) is 21.4 Å². The zero-order chi connectivity index (χ0) is 22.4. The third-order valence-corrected chi connectivity index (χ3v) is 5.70. The number of carbonyl (C=O) groups is 1. The number of aromatic nitrogens is 2. The van der Waals surface area contributed by atoms with Crippen LogP contribution in [0.4, 0.5) is 5.69 Å². The monoisotopic (exact) mass is 443 g/mol. The van der Waals surface area contributed by atoms with E-state index in [4.69, 9.17) is 14.6 Å². The van der Waals surface area contributed by atoms with Crippen LogP contribution in [0.15, 0.2) is 65.8 Å². The molecule has 2 N–H and O–H groups in total. The molecule has 0 radical (unpaired) electrons. The van der Waals surface area contributed by atoms with Gasteiger partial charge in [-0.15, -0.1) is 0 Å². The Bertz CT molecular complexity index is 1200. The van der Waals surface area contributed by atoms with Gasteiger partial charge >= 0.3 is 5.97 Å². The molecule has 0 bridgehead atoms. The molecule has 31 heavy (non-hydrogen) atoms. The average Bonchev–Trinajstić information content (AvgIpc) is 3.25. The van der Waals surface area contributed by atoms with Gasteiger partial charge in [0, 0.05) is 18.5 Å². The van der Waals surface area contributed by atoms with E-state index < -0.39 is 16.0 Å². The number of benzene rings is 2. The quantitative estimate of drug-likeness (QED) is 0.488. The van der Waals surface area contributed by atoms with Crippen LogP contribution in [0.1, 0.15) is 11.1 Å². The van der Waals surface area contributed by atoms with E-state index in [1.807, 2.05) is 0 Å². The number of ether oxygens (including phenoxy) is 2. The molecule has 0 fully saturated rings. The summed E-state index contributed by atoms with van der Waals surface area (Å²) < 4.78 is 41.4. The number of carboxylic acids is 1. The van der Waals surface area contributed by atoms with Crippen LogP contribution in [0, 0.1) is 0 Å². The predicted molar refractivity (Wildman–Crippen MR) is 115 cm³/mol. The minimum atomic E-state index is -4.12. The van der Waals surface area contributed by atoms with Crippen LogP contribution in [0.2, 0.25) is 0 Å². The van der Waals surface area contributed by atoms with Gasteiger partial charge in [0.05, 0.1) is 26.5 Å². The molecule has 0 aliphatic heterocycles. The minimum absolute atomic E-state index is 0.00651. The maximum Gasteiger partial charge on any atom is 0.328 e. The van der Waals surface area contributed by atoms with E-state index in [-0.39, 0.29) is 16.4 Å². The second kappa shape index (κ2) is 9.35. The molecule has 0 unspecified atom stereocenters. The molecule has 10 heteroatoms. The summed E-state index contributed by atoms with van der Waals surface area (Å²) in [4.78, 5) is 10.7. The van der Waals surface area contributed by atoms with Crippen molar-refractivity contribution in [1.29, 1.82) is 0 Å². The van der Waals surface area contributed by atoms with Gasteiger partial charge in [-0.3, -0.25) is 9.40 Å². The highest BCUT2D eigenvalue weighted by molar-refractivity contribution is 7.92. The first-order valence-corrected chi connectivity index (χ1v) is 10.6. The van der Waals surface area contributed by atoms with E-state index in [2.05, 4.69) is 9.82 Å². The minimum Gasteiger partial charge on any atom is -0.493 e. The van der Waals surface area contributed by atoms with Crippen molar-refractivity contribution in [3.63, 3.8) is 0 Å². The number of anilines is 1. The van der Waals surface area contributed by atoms with E-state index >= 15 is 0 Å². The van der Waals surface area contributed by atoms with Crippen molar-refractivity contribution in [1.82, 2.24) is 9.78 Å². The predicted octanol–water partition coefficient (Wildman–Crippen LogP) is 2.85. The zero-order valence-electron chi connectivity index (χ0n) is 16.8. The fraction of sp³-hybridized carbons (Fsp3) is 0.143. The molecular formula is C21H21N3O6S. The number of methoxy groups -OCH3 is 2. The number of para-hydroxylation sites is 1. The van der Waals surface area contributed by atoms with Crippen LogP contribution in [0.3, 0.4) is 0 Å². The van der Waals surface area contributed by atoms with E-state index in [0.717, 1.165) is 6.08 Å². The Labute approximate surface area is 179 Å². The van der Waals surface area contributed by atoms with E-state index in [0.29, 0.717) is 23.4 Å². The van der Waals surface area contributed by atoms with Gasteiger partial charge in [0.1, 0.15) is 4.90 Å². The molecule has 0 amide bonds. The van der Waals surface area contributed by atoms with Crippen molar-refractivity contribution >= 4 is 27.8 Å². The van der Waals surface area contributed by atoms with Gasteiger partial charge in [0.25, 0.3) is 10.0 Å². The second-order valence-corrected chi connectivity index (χ2v) is 8.04. The largest absolute Gasteiger partial charge is 0.493 e. The third kappa shape index (κ3) is 5.23. The summed E-state index contributed by atoms with van der Waals surface area (Å²) in [7, 11) is -1.42. The topological polar surface area (TPSA) is 120 Å². The Kier molecular flexibility index (Phi) is 6.61. The van der Waals surface area contributed by atoms with Gasteiger partial charge < -0.3 is 14.6 Å². The van der Waals surface area contributed by atoms with Gasteiger partial charge in [-0.25, -0.2) is 13.2 Å². The summed E-state index contributed by atoms with van der Waals surface area (Å²) in [5, 5.41) is 13.0. The molecule has 162 valence electrons. The molecule has 3 aromatic rings. The summed E-state index contributed by atoms with van der Waals surface area (Å²) in [6.45, 7) is 0.369. The van der Waals surface area contributed by atoms with Gasteiger partial charge in [0.2, 0.25) is 0 Å². The molecular weight excluding hydrogens is 422 g/mol. The molecule has 2 aromatic carbocycles. The van der Waals surface area contributed by atoms with Gasteiger partial charge in [-0.1, -0.05) is 18.2 Å². The normalized spacial score (nSPS) is 11.4. The average molecular weight is 443 g/mol. The molecule has 1 heterocycles. The lowest BCUT2D eigenvalue weighted by molar-refractivity contribution is -0.131. The second-order valence-electron chi connectivity index (χ2n) is 6.39. The molecule has 0 aliphatic rings. The molecule has 0 aliphatic carbocycles. The van der Waals surface area contributed by atoms with Gasteiger partial charge in [0.15, 0.2) is 11.5 Å². The first kappa shape index (κ1) is 21.9. The van der Waals surface area contributed by atoms with Crippen LogP contribution < -0.4 is 14.2 Å². The Morgan fingerprint density at radius 3 is 2.61 bits per heavy atom. The molecule has 1 aromatic heterocycles. The maximum absolute atomic E-state index is 13.3. The Morgan fingerprint density at radius 1 is 1.19 bits per heavy atom. The van der Waals surface area contributed by atoms with Crippen molar-refractivity contribution in [3.05, 3.63) is 72.1 Å². The summed E-state index contributed by atoms with van der Waals surface area (Å²) in [6.07, 6.45) is 5.59. The van der Waals surface area contributed by atoms with Crippen LogP contribution in [-0.4, -0.2) is 43.5 Å². The fourth-order valence-electron chi connectivity index (χ4n) is 2.94. The van der Waals surface area contributed by atoms with E-state index in [1.165, 1.54) is 32.4 Å². The van der Waals surface area contributed by atoms with Crippen molar-refractivity contribution in [3.8, 4) is 11.5 Å². The number of rotatable bonds is 9. The third-order valence-electron chi connectivity index (χ3n) is 4.33. The van der Waals surface area contributed by atoms with Gasteiger partial charge in [-0.05, 0) is 41.5 Å². The molecule has 0 atom stereocenters. The Morgan fingerprint density at radius 2 is 1.97 bits per heavy atom. The first-order chi connectivity index (χ1) is 14.8. The van der Waals surface area contributed by atoms with Crippen molar-refractivity contribution in [2.24, 2.45) is 0 Å². The number of hydrogen-bond donors (Lipinski definition) is 2. The highest BCUT2D eigenvalue weighted by Crippen LogP contribution is 2.37. The lowest BCUT2D eigenvalue weighted by Crippen LogP contribution is -2.16. The molecule has 3 rings (SSSR count). The van der Waals surface area contributed by atoms with E-state index in [9.17, 15) is 13.2 Å². The Balaban J connectivity index is 2.04. The van der Waals surface area contributed by atoms with Crippen LogP contribution in [0.25, 0.3) is 6.08 Å². The zero-order valence-corrected chi connectivity index (χ0v) is 17.7. The van der Waals surface area contributed by atoms with Crippen LogP contribution in [0.5, 0.6) is 11.5 Å². The maximum atomic E-state index is 13.3. The molecule has 0 saturated carbocycles. The van der Waals surface area contributed by atoms with Gasteiger partial charge in [-0.2, -0.15) is 5.10 Å². The summed E-state index contributed by atoms with van der Waals surface area (Å²) in [6, 6.07) is 11.5. The standard InChI is InChI=1S/C21H21N3O6S/c1-29-18-12-15(8-9-20(25)26)13-19(21(18)30-2)31(27,28)23-17-7-4-3-6-16(17)14-24-11-5-10-22-24/h3-13,23H,14H2,1-2H3,(H,25,26). The highest BCUT2D eigenvalue weighted by Gasteiger charge is 2.25. The van der Waals surface area contributed by atoms with E-state index in [1.54, 1.807) is 47.4 Å². The smallest absolute Gasteiger partial charge is 0.328 e. The number of nitrogens with zero attached hydrogens (tertiary/aromatic N) is 2. The lowest BCUT2D eigenvalue weighted by Gasteiger charge is -2.17. The number of nitrogens with one attached hydrogen (secondary N) is 1. The molecule has 0 spiro atoms. The highest BCUT2D eigenvalue weighted by atomic mass is 32.2. The first-order valence-electron chi connectivity index (χ1n) is 9.09. The number of aliphatic carboxylic acids is 1. The van der Waals surface area contributed by atoms with Crippen molar-refractivity contribution in [2.45, 2.75) is 11.4 Å².